The minimum Gasteiger partial charge on any atom is -0.481 e. The molecule has 0 fully saturated rings. The van der Waals surface area contributed by atoms with Crippen LogP contribution in [0.1, 0.15) is 65.5 Å². The molecule has 458 valence electrons. The number of carboxylic acids is 2. The molecule has 0 saturated heterocycles. The summed E-state index contributed by atoms with van der Waals surface area (Å²) in [6.45, 7) is 1.51. The zero-order valence-electron chi connectivity index (χ0n) is 45.1. The van der Waals surface area contributed by atoms with E-state index in [4.69, 9.17) is 28.7 Å². The van der Waals surface area contributed by atoms with Gasteiger partial charge in [0.05, 0.1) is 58.0 Å². The van der Waals surface area contributed by atoms with Gasteiger partial charge in [-0.25, -0.2) is 9.78 Å². The van der Waals surface area contributed by atoms with Gasteiger partial charge >= 0.3 is 11.9 Å². The number of amides is 12. The first-order valence-corrected chi connectivity index (χ1v) is 25.0. The van der Waals surface area contributed by atoms with Gasteiger partial charge in [-0.05, 0) is 24.7 Å². The molecule has 1 rings (SSSR count). The molecule has 82 heavy (non-hydrogen) atoms. The summed E-state index contributed by atoms with van der Waals surface area (Å²) < 4.78 is 0. The molecule has 0 aliphatic heterocycles. The summed E-state index contributed by atoms with van der Waals surface area (Å²) in [5, 5.41) is 70.8. The number of carbonyl (C=O) groups excluding carboxylic acids is 12. The second kappa shape index (κ2) is 35.5. The molecule has 37 heteroatoms. The van der Waals surface area contributed by atoms with Crippen LogP contribution in [0, 0.1) is 11.8 Å². The summed E-state index contributed by atoms with van der Waals surface area (Å²) in [4.78, 5) is 190. The van der Waals surface area contributed by atoms with E-state index in [1.54, 1.807) is 27.7 Å². The van der Waals surface area contributed by atoms with E-state index in [9.17, 15) is 92.7 Å². The molecular formula is C45H74N18O19. The highest BCUT2D eigenvalue weighted by Crippen LogP contribution is 2.10. The lowest BCUT2D eigenvalue weighted by Crippen LogP contribution is -2.61. The number of rotatable bonds is 38. The molecule has 0 aliphatic carbocycles. The standard InChI is InChI=1S/C45H74N18O19/c1-18(2)33(43(80)63-34(19(3)4)44(81)82)62-40(77)23(8-20-12-51-17-54-20)57-38(75)24(10-30(48)68)55-31(69)13-53-36(73)26(14-64)60-42(79)28(16-66)61-39(76)25(11-32(70)71)58-37(74)22(6-5-7-52-45(49)50)56-41(78)27(15-65)59-35(72)21(46)9-29(47)67/h12,17-19,21-28,33-34,64-66H,5-11,13-16,46H2,1-4H3,(H2,47,67)(H2,48,68)(H,51,54)(H,53,73)(H,55,69)(H,56,78)(H,57,75)(H,58,74)(H,59,72)(H,60,79)(H,61,76)(H,62,77)(H,63,80)(H,70,71)(H,81,82)(H4,49,50,52)/t21-,22-,23-,24-,25-,26-,27-,28-,33-,34-/m0/s1. The van der Waals surface area contributed by atoms with Crippen molar-refractivity contribution >= 4 is 88.8 Å². The van der Waals surface area contributed by atoms with Gasteiger partial charge in [-0.2, -0.15) is 0 Å². The number of hydrogen-bond donors (Lipinski definition) is 21. The number of nitrogens with zero attached hydrogens (tertiary/aromatic N) is 2. The fourth-order valence-corrected chi connectivity index (χ4v) is 7.01. The third-order valence-corrected chi connectivity index (χ3v) is 11.4. The fraction of sp³-hybridized carbons (Fsp3) is 0.600. The van der Waals surface area contributed by atoms with Crippen molar-refractivity contribution in [2.75, 3.05) is 32.9 Å². The van der Waals surface area contributed by atoms with E-state index in [0.717, 1.165) is 0 Å². The van der Waals surface area contributed by atoms with Crippen molar-refractivity contribution in [1.29, 1.82) is 0 Å². The number of aromatic amines is 1. The van der Waals surface area contributed by atoms with Crippen LogP contribution in [0.3, 0.4) is 0 Å². The quantitative estimate of drug-likeness (QED) is 0.0166. The van der Waals surface area contributed by atoms with Crippen molar-refractivity contribution in [3.63, 3.8) is 0 Å². The number of imidazole rings is 1. The molecule has 12 amide bonds. The van der Waals surface area contributed by atoms with Crippen molar-refractivity contribution in [2.45, 2.75) is 127 Å². The van der Waals surface area contributed by atoms with E-state index in [1.165, 1.54) is 12.5 Å². The molecule has 0 radical (unpaired) electrons. The predicted octanol–water partition coefficient (Wildman–Crippen LogP) is -11.6. The molecule has 0 spiro atoms. The Bertz CT molecular complexity index is 2460. The summed E-state index contributed by atoms with van der Waals surface area (Å²) in [7, 11) is 0. The molecule has 0 aliphatic rings. The van der Waals surface area contributed by atoms with Crippen LogP contribution in [0.4, 0.5) is 0 Å². The maximum absolute atomic E-state index is 13.7. The number of aliphatic carboxylic acids is 2. The SMILES string of the molecule is CC(C)[C@H](NC(=O)[C@@H](NC(=O)[C@H](Cc1cnc[nH]1)NC(=O)[C@H](CC(N)=O)NC(=O)CNC(=O)[C@H](CO)NC(=O)[C@H](CO)NC(=O)[C@H](CC(=O)O)NC(=O)[C@H](CCCN=C(N)N)NC(=O)[C@H](CO)NC(=O)[C@@H](N)CC(N)=O)C(C)C)C(=O)O. The normalized spacial score (nSPS) is 14.6. The molecule has 0 unspecified atom stereocenters. The average molecular weight is 1170 g/mol. The van der Waals surface area contributed by atoms with Crippen molar-refractivity contribution in [2.24, 2.45) is 45.5 Å². The zero-order chi connectivity index (χ0) is 62.6. The number of aliphatic hydroxyl groups is 3. The van der Waals surface area contributed by atoms with E-state index in [2.05, 4.69) is 52.2 Å². The number of aromatic nitrogens is 2. The van der Waals surface area contributed by atoms with Crippen LogP contribution >= 0.6 is 0 Å². The van der Waals surface area contributed by atoms with Crippen molar-refractivity contribution in [3.8, 4) is 0 Å². The van der Waals surface area contributed by atoms with Crippen LogP contribution in [-0.2, 0) is 73.5 Å². The van der Waals surface area contributed by atoms with Gasteiger partial charge in [0.15, 0.2) is 5.96 Å². The topological polar surface area (TPSA) is 632 Å². The van der Waals surface area contributed by atoms with Crippen LogP contribution in [0.5, 0.6) is 0 Å². The minimum atomic E-state index is -2.08. The Labute approximate surface area is 467 Å². The molecule has 0 bridgehead atoms. The molecule has 0 saturated carbocycles. The first-order valence-electron chi connectivity index (χ1n) is 25.0. The second-order valence-electron chi connectivity index (χ2n) is 18.8. The Kier molecular flexibility index (Phi) is 30.7. The van der Waals surface area contributed by atoms with Gasteiger partial charge in [-0.3, -0.25) is 67.3 Å². The number of aliphatic hydroxyl groups excluding tert-OH is 3. The van der Waals surface area contributed by atoms with E-state index in [1.807, 2.05) is 16.0 Å². The summed E-state index contributed by atoms with van der Waals surface area (Å²) in [5.74, 6) is -18.6. The van der Waals surface area contributed by atoms with Gasteiger partial charge in [-0.1, -0.05) is 27.7 Å². The molecule has 37 nitrogen and oxygen atoms in total. The van der Waals surface area contributed by atoms with Crippen molar-refractivity contribution < 1.29 is 92.7 Å². The largest absolute Gasteiger partial charge is 0.481 e. The lowest BCUT2D eigenvalue weighted by atomic mass is 9.99. The second-order valence-corrected chi connectivity index (χ2v) is 18.8. The third kappa shape index (κ3) is 25.8. The van der Waals surface area contributed by atoms with E-state index in [-0.39, 0.29) is 37.5 Å². The number of aliphatic imine (C=N–C) groups is 1. The van der Waals surface area contributed by atoms with Gasteiger partial charge in [0.2, 0.25) is 70.9 Å². The van der Waals surface area contributed by atoms with Crippen LogP contribution in [0.25, 0.3) is 0 Å². The first-order chi connectivity index (χ1) is 38.3. The fourth-order valence-electron chi connectivity index (χ4n) is 7.01. The van der Waals surface area contributed by atoms with Gasteiger partial charge in [0.1, 0.15) is 54.4 Å². The number of nitrogens with two attached hydrogens (primary N) is 5. The highest BCUT2D eigenvalue weighted by molar-refractivity contribution is 6.00. The van der Waals surface area contributed by atoms with E-state index < -0.39 is 201 Å². The number of carbonyl (C=O) groups is 14. The minimum absolute atomic E-state index is 0.0602. The Balaban J connectivity index is 3.22. The first kappa shape index (κ1) is 70.9. The zero-order valence-corrected chi connectivity index (χ0v) is 45.1. The van der Waals surface area contributed by atoms with Crippen molar-refractivity contribution in [1.82, 2.24) is 63.1 Å². The van der Waals surface area contributed by atoms with Crippen molar-refractivity contribution in [3.05, 3.63) is 18.2 Å². The summed E-state index contributed by atoms with van der Waals surface area (Å²) in [6.07, 6.45) is -0.864. The summed E-state index contributed by atoms with van der Waals surface area (Å²) in [6, 6.07) is -17.2. The Hall–Kier alpha value is -9.10. The van der Waals surface area contributed by atoms with Crippen LogP contribution in [-0.4, -0.2) is 218 Å². The number of guanidine groups is 1. The number of H-pyrrole nitrogens is 1. The highest BCUT2D eigenvalue weighted by Gasteiger charge is 2.36. The molecule has 26 N–H and O–H groups in total. The van der Waals surface area contributed by atoms with Gasteiger partial charge in [-0.15, -0.1) is 0 Å². The predicted molar refractivity (Wildman–Crippen MR) is 279 cm³/mol. The Morgan fingerprint density at radius 1 is 0.537 bits per heavy atom. The molecule has 0 aromatic carbocycles. The maximum Gasteiger partial charge on any atom is 0.326 e. The van der Waals surface area contributed by atoms with Gasteiger partial charge in [0.25, 0.3) is 0 Å². The van der Waals surface area contributed by atoms with Crippen LogP contribution in [0.15, 0.2) is 17.5 Å². The molecule has 10 atom stereocenters. The van der Waals surface area contributed by atoms with Gasteiger partial charge in [0, 0.05) is 24.9 Å². The molecule has 1 heterocycles. The number of nitrogens with one attached hydrogen (secondary N) is 11. The maximum atomic E-state index is 13.7. The number of carboxylic acid groups (broad SMARTS) is 2. The van der Waals surface area contributed by atoms with E-state index in [0.29, 0.717) is 0 Å². The summed E-state index contributed by atoms with van der Waals surface area (Å²) >= 11 is 0. The summed E-state index contributed by atoms with van der Waals surface area (Å²) in [5.41, 5.74) is 26.9. The Morgan fingerprint density at radius 2 is 0.976 bits per heavy atom. The monoisotopic (exact) mass is 1170 g/mol. The number of hydrogen-bond acceptors (Lipinski definition) is 20. The lowest BCUT2D eigenvalue weighted by molar-refractivity contribution is -0.144. The highest BCUT2D eigenvalue weighted by atomic mass is 16.4. The smallest absolute Gasteiger partial charge is 0.326 e. The molecular weight excluding hydrogens is 1100 g/mol. The Morgan fingerprint density at radius 3 is 1.44 bits per heavy atom. The lowest BCUT2D eigenvalue weighted by Gasteiger charge is -2.28. The number of primary amides is 2. The van der Waals surface area contributed by atoms with E-state index >= 15 is 0 Å². The van der Waals surface area contributed by atoms with Crippen LogP contribution in [0.2, 0.25) is 0 Å². The van der Waals surface area contributed by atoms with Gasteiger partial charge < -0.3 is 112 Å². The molecule has 1 aromatic heterocycles. The third-order valence-electron chi connectivity index (χ3n) is 11.4. The van der Waals surface area contributed by atoms with Crippen LogP contribution < -0.4 is 81.8 Å². The molecule has 1 aromatic rings. The average Bonchev–Trinajstić information content (AvgIpc) is 3.93.